The lowest BCUT2D eigenvalue weighted by atomic mass is 9.83. The molecule has 2 fully saturated rings. The van der Waals surface area contributed by atoms with E-state index in [0.717, 1.165) is 64.6 Å². The molecule has 3 rings (SSSR count). The number of carbonyl (C=O) groups excluding carboxylic acids is 2. The molecule has 3 atom stereocenters. The predicted octanol–water partition coefficient (Wildman–Crippen LogP) is 3.99. The Bertz CT molecular complexity index is 801. The van der Waals surface area contributed by atoms with Gasteiger partial charge >= 0.3 is 0 Å². The van der Waals surface area contributed by atoms with E-state index in [0.29, 0.717) is 0 Å². The highest BCUT2D eigenvalue weighted by Gasteiger charge is 2.39. The van der Waals surface area contributed by atoms with Crippen LogP contribution in [-0.2, 0) is 16.0 Å². The van der Waals surface area contributed by atoms with Gasteiger partial charge in [0.2, 0.25) is 11.8 Å². The second-order valence-electron chi connectivity index (χ2n) is 11.6. The van der Waals surface area contributed by atoms with Crippen molar-refractivity contribution >= 4 is 11.8 Å². The van der Waals surface area contributed by atoms with Crippen LogP contribution in [0.25, 0.3) is 0 Å². The highest BCUT2D eigenvalue weighted by Crippen LogP contribution is 2.30. The number of likely N-dealkylation sites (tertiary alicyclic amines) is 1. The molecule has 2 N–H and O–H groups in total. The number of hydrogen-bond donors (Lipinski definition) is 2. The number of hydrogen-bond acceptors (Lipinski definition) is 4. The van der Waals surface area contributed by atoms with Crippen molar-refractivity contribution in [1.29, 1.82) is 0 Å². The first-order valence-corrected chi connectivity index (χ1v) is 13.8. The third kappa shape index (κ3) is 7.78. The number of benzene rings is 1. The third-order valence-electron chi connectivity index (χ3n) is 8.06. The second kappa shape index (κ2) is 12.9. The van der Waals surface area contributed by atoms with Crippen molar-refractivity contribution in [2.45, 2.75) is 103 Å². The lowest BCUT2D eigenvalue weighted by Gasteiger charge is -2.41. The Morgan fingerprint density at radius 3 is 2.37 bits per heavy atom. The zero-order valence-corrected chi connectivity index (χ0v) is 22.7. The van der Waals surface area contributed by atoms with E-state index in [9.17, 15) is 9.59 Å². The molecule has 2 aliphatic rings. The van der Waals surface area contributed by atoms with Crippen molar-refractivity contribution < 1.29 is 9.59 Å². The van der Waals surface area contributed by atoms with Gasteiger partial charge in [0.1, 0.15) is 6.04 Å². The van der Waals surface area contributed by atoms with E-state index < -0.39 is 6.04 Å². The molecule has 6 heteroatoms. The molecular weight excluding hydrogens is 436 g/mol. The van der Waals surface area contributed by atoms with E-state index in [1.807, 2.05) is 6.92 Å². The Morgan fingerprint density at radius 2 is 1.74 bits per heavy atom. The maximum Gasteiger partial charge on any atom is 0.245 e. The monoisotopic (exact) mass is 484 g/mol. The zero-order valence-electron chi connectivity index (χ0n) is 22.7. The first kappa shape index (κ1) is 27.7. The van der Waals surface area contributed by atoms with Crippen LogP contribution < -0.4 is 10.6 Å². The molecule has 196 valence electrons. The molecule has 1 aliphatic carbocycles. The number of rotatable bonds is 10. The van der Waals surface area contributed by atoms with Gasteiger partial charge in [-0.15, -0.1) is 0 Å². The molecule has 2 amide bonds. The van der Waals surface area contributed by atoms with Gasteiger partial charge in [0.15, 0.2) is 0 Å². The quantitative estimate of drug-likeness (QED) is 0.527. The van der Waals surface area contributed by atoms with Crippen LogP contribution in [0, 0.1) is 5.92 Å². The van der Waals surface area contributed by atoms with Gasteiger partial charge in [-0.1, -0.05) is 49.6 Å². The van der Waals surface area contributed by atoms with Gasteiger partial charge in [0.25, 0.3) is 0 Å². The van der Waals surface area contributed by atoms with Crippen LogP contribution in [0.5, 0.6) is 0 Å². The van der Waals surface area contributed by atoms with E-state index in [2.05, 4.69) is 71.5 Å². The van der Waals surface area contributed by atoms with Gasteiger partial charge in [-0.25, -0.2) is 0 Å². The van der Waals surface area contributed by atoms with Crippen LogP contribution in [0.1, 0.15) is 78.2 Å². The summed E-state index contributed by atoms with van der Waals surface area (Å²) in [5.74, 6) is 0.293. The van der Waals surface area contributed by atoms with Crippen LogP contribution in [0.3, 0.4) is 0 Å². The number of amides is 2. The fourth-order valence-electron chi connectivity index (χ4n) is 5.62. The SMILES string of the molecule is CN[C@@H](C)C(=O)N[C@H](C(=O)N1CCCC1CN(CCc1ccccc1)C(C)(C)C)C1CCCCC1. The van der Waals surface area contributed by atoms with Crippen molar-refractivity contribution in [2.24, 2.45) is 5.92 Å². The Hall–Kier alpha value is -1.92. The maximum atomic E-state index is 14.0. The van der Waals surface area contributed by atoms with E-state index in [-0.39, 0.29) is 35.4 Å². The molecule has 1 saturated carbocycles. The summed E-state index contributed by atoms with van der Waals surface area (Å²) in [7, 11) is 1.79. The van der Waals surface area contributed by atoms with Crippen LogP contribution in [0.15, 0.2) is 30.3 Å². The summed E-state index contributed by atoms with van der Waals surface area (Å²) in [5.41, 5.74) is 1.37. The van der Waals surface area contributed by atoms with Crippen LogP contribution in [0.4, 0.5) is 0 Å². The zero-order chi connectivity index (χ0) is 25.4. The third-order valence-corrected chi connectivity index (χ3v) is 8.06. The smallest absolute Gasteiger partial charge is 0.245 e. The topological polar surface area (TPSA) is 64.7 Å². The predicted molar refractivity (Wildman–Crippen MR) is 143 cm³/mol. The van der Waals surface area contributed by atoms with E-state index in [4.69, 9.17) is 0 Å². The van der Waals surface area contributed by atoms with Gasteiger partial charge in [-0.3, -0.25) is 14.5 Å². The van der Waals surface area contributed by atoms with Crippen molar-refractivity contribution in [3.05, 3.63) is 35.9 Å². The standard InChI is InChI=1S/C29H48N4O2/c1-22(30-5)27(34)31-26(24-15-10-7-11-16-24)28(35)33-19-12-17-25(33)21-32(29(2,3)4)20-18-23-13-8-6-9-14-23/h6,8-9,13-14,22,24-26,30H,7,10-12,15-21H2,1-5H3,(H,31,34)/t22-,25?,26-/m0/s1. The molecule has 0 radical (unpaired) electrons. The fraction of sp³-hybridized carbons (Fsp3) is 0.724. The molecule has 1 aliphatic heterocycles. The molecule has 1 saturated heterocycles. The summed E-state index contributed by atoms with van der Waals surface area (Å²) in [4.78, 5) is 31.4. The fourth-order valence-corrected chi connectivity index (χ4v) is 5.62. The first-order chi connectivity index (χ1) is 16.7. The van der Waals surface area contributed by atoms with E-state index >= 15 is 0 Å². The summed E-state index contributed by atoms with van der Waals surface area (Å²) >= 11 is 0. The Balaban J connectivity index is 1.72. The summed E-state index contributed by atoms with van der Waals surface area (Å²) < 4.78 is 0. The minimum absolute atomic E-state index is 0.0191. The molecule has 1 heterocycles. The molecule has 1 aromatic rings. The number of nitrogens with one attached hydrogen (secondary N) is 2. The van der Waals surface area contributed by atoms with Gasteiger partial charge in [0, 0.05) is 31.2 Å². The van der Waals surface area contributed by atoms with Crippen LogP contribution >= 0.6 is 0 Å². The maximum absolute atomic E-state index is 14.0. The minimum Gasteiger partial charge on any atom is -0.343 e. The normalized spacial score (nSPS) is 21.2. The summed E-state index contributed by atoms with van der Waals surface area (Å²) in [6.45, 7) is 11.3. The van der Waals surface area contributed by atoms with Gasteiger partial charge < -0.3 is 15.5 Å². The molecule has 35 heavy (non-hydrogen) atoms. The van der Waals surface area contributed by atoms with Crippen LogP contribution in [0.2, 0.25) is 0 Å². The summed E-state index contributed by atoms with van der Waals surface area (Å²) in [6.07, 6.45) is 8.63. The Morgan fingerprint density at radius 1 is 1.06 bits per heavy atom. The molecule has 0 spiro atoms. The lowest BCUT2D eigenvalue weighted by molar-refractivity contribution is -0.140. The Labute approximate surface area is 213 Å². The second-order valence-corrected chi connectivity index (χ2v) is 11.6. The van der Waals surface area contributed by atoms with Crippen LogP contribution in [-0.4, -0.2) is 72.0 Å². The molecule has 1 unspecified atom stereocenters. The summed E-state index contributed by atoms with van der Waals surface area (Å²) in [5, 5.41) is 6.18. The molecular formula is C29H48N4O2. The number of likely N-dealkylation sites (N-methyl/N-ethyl adjacent to an activating group) is 1. The van der Waals surface area contributed by atoms with E-state index in [1.54, 1.807) is 7.05 Å². The highest BCUT2D eigenvalue weighted by molar-refractivity contribution is 5.90. The molecule has 6 nitrogen and oxygen atoms in total. The van der Waals surface area contributed by atoms with Crippen molar-refractivity contribution in [3.63, 3.8) is 0 Å². The van der Waals surface area contributed by atoms with Crippen molar-refractivity contribution in [3.8, 4) is 0 Å². The highest BCUT2D eigenvalue weighted by atomic mass is 16.2. The lowest BCUT2D eigenvalue weighted by Crippen LogP contribution is -2.58. The van der Waals surface area contributed by atoms with Crippen molar-refractivity contribution in [2.75, 3.05) is 26.7 Å². The largest absolute Gasteiger partial charge is 0.343 e. The van der Waals surface area contributed by atoms with Gasteiger partial charge in [-0.05, 0) is 78.3 Å². The molecule has 1 aromatic carbocycles. The first-order valence-electron chi connectivity index (χ1n) is 13.8. The van der Waals surface area contributed by atoms with Gasteiger partial charge in [-0.2, -0.15) is 0 Å². The minimum atomic E-state index is -0.411. The van der Waals surface area contributed by atoms with E-state index in [1.165, 1.54) is 12.0 Å². The molecule has 0 bridgehead atoms. The molecule has 0 aromatic heterocycles. The number of nitrogens with zero attached hydrogens (tertiary/aromatic N) is 2. The average molecular weight is 485 g/mol. The number of carbonyl (C=O) groups is 2. The van der Waals surface area contributed by atoms with Crippen molar-refractivity contribution in [1.82, 2.24) is 20.4 Å². The summed E-state index contributed by atoms with van der Waals surface area (Å²) in [6, 6.07) is 10.1. The Kier molecular flexibility index (Phi) is 10.2. The van der Waals surface area contributed by atoms with Gasteiger partial charge in [0.05, 0.1) is 6.04 Å². The average Bonchev–Trinajstić information content (AvgIpc) is 3.32.